The van der Waals surface area contributed by atoms with Gasteiger partial charge in [0.15, 0.2) is 0 Å². The lowest BCUT2D eigenvalue weighted by Crippen LogP contribution is -2.15. The summed E-state index contributed by atoms with van der Waals surface area (Å²) in [5.74, 6) is 0.423. The number of hydrogen-bond donors (Lipinski definition) is 4. The Morgan fingerprint density at radius 1 is 0.885 bits per heavy atom. The molecule has 0 aliphatic rings. The normalized spacial score (nSPS) is 10.0. The summed E-state index contributed by atoms with van der Waals surface area (Å²) in [4.78, 5) is 12.2. The number of aromatic nitrogens is 3. The van der Waals surface area contributed by atoms with Crippen LogP contribution in [0.4, 0.5) is 29.2 Å². The molecule has 0 aliphatic carbocycles. The van der Waals surface area contributed by atoms with Crippen LogP contribution < -0.4 is 21.9 Å². The van der Waals surface area contributed by atoms with Crippen molar-refractivity contribution in [3.8, 4) is 6.07 Å². The van der Waals surface area contributed by atoms with Gasteiger partial charge in [-0.05, 0) is 36.4 Å². The molecule has 0 amide bonds. The second-order valence-corrected chi connectivity index (χ2v) is 5.82. The maximum Gasteiger partial charge on any atom is 0.248 e. The molecule has 0 radical (unpaired) electrons. The molecule has 5 N–H and O–H groups in total. The molecule has 2 aromatic carbocycles. The number of anilines is 5. The minimum absolute atomic E-state index is 0.0192. The van der Waals surface area contributed by atoms with Gasteiger partial charge in [-0.2, -0.15) is 20.2 Å². The number of nitriles is 1. The number of benzene rings is 2. The second-order valence-electron chi connectivity index (χ2n) is 5.00. The number of hydrazine groups is 1. The average Bonchev–Trinajstić information content (AvgIpc) is 2.61. The summed E-state index contributed by atoms with van der Waals surface area (Å²) in [5, 5.41) is 12.7. The zero-order valence-corrected chi connectivity index (χ0v) is 14.7. The van der Waals surface area contributed by atoms with Crippen LogP contribution in [0.1, 0.15) is 5.56 Å². The van der Waals surface area contributed by atoms with E-state index in [9.17, 15) is 0 Å². The Morgan fingerprint density at radius 2 is 1.54 bits per heavy atom. The maximum absolute atomic E-state index is 8.83. The standard InChI is InChI=1S/C16H12Cl2N8/c17-11-2-1-3-12(18)13(11)25-26-16-23-14(20)22-15(24-16)21-10-6-4-9(8-19)5-7-10/h1-7,25H,(H4,20,21,22,23,24,26). The predicted molar refractivity (Wildman–Crippen MR) is 102 cm³/mol. The highest BCUT2D eigenvalue weighted by Crippen LogP contribution is 2.29. The molecule has 0 fully saturated rings. The number of halogens is 2. The Morgan fingerprint density at radius 3 is 2.19 bits per heavy atom. The fourth-order valence-electron chi connectivity index (χ4n) is 2.00. The first kappa shape index (κ1) is 17.5. The Balaban J connectivity index is 1.76. The highest BCUT2D eigenvalue weighted by molar-refractivity contribution is 6.39. The van der Waals surface area contributed by atoms with Crippen LogP contribution in [0.3, 0.4) is 0 Å². The van der Waals surface area contributed by atoms with E-state index in [-0.39, 0.29) is 17.8 Å². The van der Waals surface area contributed by atoms with Gasteiger partial charge in [0.05, 0.1) is 27.4 Å². The van der Waals surface area contributed by atoms with Crippen LogP contribution in [0.2, 0.25) is 10.0 Å². The van der Waals surface area contributed by atoms with Crippen LogP contribution in [0, 0.1) is 11.3 Å². The van der Waals surface area contributed by atoms with Gasteiger partial charge in [-0.25, -0.2) is 0 Å². The van der Waals surface area contributed by atoms with Gasteiger partial charge in [0.25, 0.3) is 0 Å². The van der Waals surface area contributed by atoms with Crippen LogP contribution in [0.5, 0.6) is 0 Å². The van der Waals surface area contributed by atoms with E-state index in [0.29, 0.717) is 27.0 Å². The Kier molecular flexibility index (Phi) is 5.22. The first-order valence-corrected chi connectivity index (χ1v) is 8.05. The molecule has 1 heterocycles. The SMILES string of the molecule is N#Cc1ccc(Nc2nc(N)nc(NNc3c(Cl)cccc3Cl)n2)cc1. The van der Waals surface area contributed by atoms with Crippen LogP contribution >= 0.6 is 23.2 Å². The number of nitrogens with two attached hydrogens (primary N) is 1. The third-order valence-electron chi connectivity index (χ3n) is 3.18. The van der Waals surface area contributed by atoms with Crippen LogP contribution in [-0.2, 0) is 0 Å². The number of hydrogen-bond acceptors (Lipinski definition) is 8. The molecule has 0 saturated heterocycles. The second kappa shape index (κ2) is 7.74. The van der Waals surface area contributed by atoms with E-state index in [4.69, 9.17) is 34.2 Å². The van der Waals surface area contributed by atoms with Gasteiger partial charge < -0.3 is 11.1 Å². The first-order valence-electron chi connectivity index (χ1n) is 7.30. The van der Waals surface area contributed by atoms with Crippen molar-refractivity contribution < 1.29 is 0 Å². The highest BCUT2D eigenvalue weighted by atomic mass is 35.5. The lowest BCUT2D eigenvalue weighted by atomic mass is 10.2. The molecule has 0 bridgehead atoms. The number of rotatable bonds is 5. The average molecular weight is 387 g/mol. The molecule has 8 nitrogen and oxygen atoms in total. The van der Waals surface area contributed by atoms with E-state index in [1.807, 2.05) is 6.07 Å². The minimum atomic E-state index is 0.0192. The van der Waals surface area contributed by atoms with Gasteiger partial charge in [-0.15, -0.1) is 0 Å². The fraction of sp³-hybridized carbons (Fsp3) is 0. The number of nitrogens with one attached hydrogen (secondary N) is 3. The van der Waals surface area contributed by atoms with Gasteiger partial charge in [0.2, 0.25) is 17.8 Å². The quantitative estimate of drug-likeness (QED) is 0.487. The maximum atomic E-state index is 8.83. The third kappa shape index (κ3) is 4.22. The van der Waals surface area contributed by atoms with Crippen LogP contribution in [-0.4, -0.2) is 15.0 Å². The molecular formula is C16H12Cl2N8. The zero-order chi connectivity index (χ0) is 18.5. The van der Waals surface area contributed by atoms with E-state index < -0.39 is 0 Å². The van der Waals surface area contributed by atoms with Crippen molar-refractivity contribution in [2.24, 2.45) is 0 Å². The molecule has 0 aliphatic heterocycles. The molecule has 26 heavy (non-hydrogen) atoms. The van der Waals surface area contributed by atoms with E-state index >= 15 is 0 Å². The van der Waals surface area contributed by atoms with E-state index in [0.717, 1.165) is 0 Å². The zero-order valence-electron chi connectivity index (χ0n) is 13.2. The summed E-state index contributed by atoms with van der Waals surface area (Å²) in [5.41, 5.74) is 13.1. The molecule has 3 aromatic rings. The number of nitrogens with zero attached hydrogens (tertiary/aromatic N) is 4. The lowest BCUT2D eigenvalue weighted by Gasteiger charge is -2.12. The molecule has 130 valence electrons. The smallest absolute Gasteiger partial charge is 0.248 e. The largest absolute Gasteiger partial charge is 0.368 e. The van der Waals surface area contributed by atoms with E-state index in [1.165, 1.54) is 0 Å². The van der Waals surface area contributed by atoms with Gasteiger partial charge in [0.1, 0.15) is 0 Å². The summed E-state index contributed by atoms with van der Waals surface area (Å²) >= 11 is 12.2. The summed E-state index contributed by atoms with van der Waals surface area (Å²) in [6, 6.07) is 14.0. The Labute approximate surface area is 159 Å². The van der Waals surface area contributed by atoms with Gasteiger partial charge >= 0.3 is 0 Å². The molecular weight excluding hydrogens is 375 g/mol. The predicted octanol–water partition coefficient (Wildman–Crippen LogP) is 3.81. The van der Waals surface area contributed by atoms with E-state index in [1.54, 1.807) is 42.5 Å². The van der Waals surface area contributed by atoms with E-state index in [2.05, 4.69) is 31.1 Å². The van der Waals surface area contributed by atoms with Crippen molar-refractivity contribution in [3.05, 3.63) is 58.1 Å². The third-order valence-corrected chi connectivity index (χ3v) is 3.81. The fourth-order valence-corrected chi connectivity index (χ4v) is 2.49. The van der Waals surface area contributed by atoms with Gasteiger partial charge in [-0.3, -0.25) is 10.9 Å². The van der Waals surface area contributed by atoms with Crippen LogP contribution in [0.15, 0.2) is 42.5 Å². The molecule has 0 unspecified atom stereocenters. The molecule has 0 saturated carbocycles. The Hall–Kier alpha value is -3.28. The molecule has 10 heteroatoms. The minimum Gasteiger partial charge on any atom is -0.368 e. The molecule has 1 aromatic heterocycles. The summed E-state index contributed by atoms with van der Waals surface area (Å²) < 4.78 is 0. The molecule has 0 atom stereocenters. The first-order chi connectivity index (χ1) is 12.5. The monoisotopic (exact) mass is 386 g/mol. The van der Waals surface area contributed by atoms with Crippen molar-refractivity contribution >= 4 is 52.4 Å². The van der Waals surface area contributed by atoms with Crippen molar-refractivity contribution in [1.82, 2.24) is 15.0 Å². The van der Waals surface area contributed by atoms with Crippen molar-refractivity contribution in [2.75, 3.05) is 21.9 Å². The summed E-state index contributed by atoms with van der Waals surface area (Å²) in [6.07, 6.45) is 0. The highest BCUT2D eigenvalue weighted by Gasteiger charge is 2.08. The van der Waals surface area contributed by atoms with Gasteiger partial charge in [-0.1, -0.05) is 29.3 Å². The summed E-state index contributed by atoms with van der Waals surface area (Å²) in [6.45, 7) is 0. The van der Waals surface area contributed by atoms with Gasteiger partial charge in [0, 0.05) is 5.69 Å². The van der Waals surface area contributed by atoms with Crippen molar-refractivity contribution in [1.29, 1.82) is 5.26 Å². The lowest BCUT2D eigenvalue weighted by molar-refractivity contribution is 1.06. The topological polar surface area (TPSA) is 125 Å². The number of nitrogen functional groups attached to an aromatic ring is 1. The Bertz CT molecular complexity index is 949. The number of para-hydroxylation sites is 1. The van der Waals surface area contributed by atoms with Crippen molar-refractivity contribution in [3.63, 3.8) is 0 Å². The molecule has 3 rings (SSSR count). The van der Waals surface area contributed by atoms with Crippen LogP contribution in [0.25, 0.3) is 0 Å². The summed E-state index contributed by atoms with van der Waals surface area (Å²) in [7, 11) is 0. The van der Waals surface area contributed by atoms with Crippen molar-refractivity contribution in [2.45, 2.75) is 0 Å². The molecule has 0 spiro atoms.